The molecule has 0 heterocycles. The van der Waals surface area contributed by atoms with E-state index in [1.807, 2.05) is 44.2 Å². The molecule has 0 spiro atoms. The first-order valence-corrected chi connectivity index (χ1v) is 4.40. The first-order valence-electron chi connectivity index (χ1n) is 4.40. The van der Waals surface area contributed by atoms with E-state index >= 15 is 0 Å². The van der Waals surface area contributed by atoms with Crippen molar-refractivity contribution in [3.8, 4) is 0 Å². The molecule has 1 radical (unpaired) electrons. The van der Waals surface area contributed by atoms with Crippen LogP contribution in [0.4, 0.5) is 0 Å². The Morgan fingerprint density at radius 3 is 2.07 bits per heavy atom. The molecule has 0 fully saturated rings. The molecule has 71 valence electrons. The van der Waals surface area contributed by atoms with Crippen molar-refractivity contribution in [1.29, 1.82) is 0 Å². The zero-order valence-corrected chi connectivity index (χ0v) is 10.9. The Bertz CT molecular complexity index is 283. The largest absolute Gasteiger partial charge is 0.481 e. The summed E-state index contributed by atoms with van der Waals surface area (Å²) in [6.07, 6.45) is 0. The average molecular weight is 201 g/mol. The monoisotopic (exact) mass is 201 g/mol. The Kier molecular flexibility index (Phi) is 6.09. The molecular formula is C11H14NaO2. The minimum atomic E-state index is -0.749. The van der Waals surface area contributed by atoms with Gasteiger partial charge in [-0.2, -0.15) is 0 Å². The molecule has 0 aromatic heterocycles. The van der Waals surface area contributed by atoms with Crippen LogP contribution in [0, 0.1) is 5.92 Å². The number of aliphatic carboxylic acids is 1. The van der Waals surface area contributed by atoms with Crippen molar-refractivity contribution < 1.29 is 9.90 Å². The van der Waals surface area contributed by atoms with E-state index in [4.69, 9.17) is 5.11 Å². The van der Waals surface area contributed by atoms with Gasteiger partial charge in [-0.25, -0.2) is 0 Å². The third-order valence-corrected chi connectivity index (χ3v) is 2.09. The molecule has 0 saturated heterocycles. The molecule has 0 aliphatic rings. The molecule has 1 aromatic carbocycles. The summed E-state index contributed by atoms with van der Waals surface area (Å²) in [7, 11) is 0. The molecule has 0 amide bonds. The van der Waals surface area contributed by atoms with Gasteiger partial charge in [0.25, 0.3) is 0 Å². The van der Waals surface area contributed by atoms with E-state index < -0.39 is 5.97 Å². The molecule has 14 heavy (non-hydrogen) atoms. The minimum absolute atomic E-state index is 0. The second kappa shape index (κ2) is 6.23. The Labute approximate surface area is 107 Å². The summed E-state index contributed by atoms with van der Waals surface area (Å²) in [4.78, 5) is 10.9. The van der Waals surface area contributed by atoms with Crippen molar-refractivity contribution in [3.05, 3.63) is 35.9 Å². The maximum atomic E-state index is 10.9. The predicted molar refractivity (Wildman–Crippen MR) is 57.4 cm³/mol. The molecule has 0 bridgehead atoms. The number of rotatable bonds is 3. The van der Waals surface area contributed by atoms with Gasteiger partial charge >= 0.3 is 5.97 Å². The summed E-state index contributed by atoms with van der Waals surface area (Å²) < 4.78 is 0. The molecule has 1 aromatic rings. The molecule has 1 unspecified atom stereocenters. The van der Waals surface area contributed by atoms with Crippen LogP contribution >= 0.6 is 0 Å². The Morgan fingerprint density at radius 2 is 1.71 bits per heavy atom. The normalized spacial score (nSPS) is 11.9. The average Bonchev–Trinajstić information content (AvgIpc) is 2.04. The molecule has 1 atom stereocenters. The van der Waals surface area contributed by atoms with E-state index in [-0.39, 0.29) is 41.4 Å². The quantitative estimate of drug-likeness (QED) is 0.760. The molecular weight excluding hydrogens is 187 g/mol. The molecule has 1 rings (SSSR count). The summed E-state index contributed by atoms with van der Waals surface area (Å²) in [5.41, 5.74) is 0.880. The van der Waals surface area contributed by atoms with Crippen molar-refractivity contribution >= 4 is 35.5 Å². The number of carbonyl (C=O) groups is 1. The summed E-state index contributed by atoms with van der Waals surface area (Å²) in [5.74, 6) is -1.01. The van der Waals surface area contributed by atoms with Gasteiger partial charge in [0.1, 0.15) is 0 Å². The van der Waals surface area contributed by atoms with E-state index in [2.05, 4.69) is 0 Å². The van der Waals surface area contributed by atoms with E-state index in [1.54, 1.807) is 0 Å². The van der Waals surface area contributed by atoms with Crippen LogP contribution in [0.25, 0.3) is 0 Å². The number of carboxylic acids is 1. The Hall–Kier alpha value is -0.310. The van der Waals surface area contributed by atoms with E-state index in [0.717, 1.165) is 5.56 Å². The zero-order valence-electron chi connectivity index (χ0n) is 8.90. The molecule has 2 nitrogen and oxygen atoms in total. The van der Waals surface area contributed by atoms with Gasteiger partial charge < -0.3 is 5.11 Å². The maximum absolute atomic E-state index is 10.9. The fraction of sp³-hybridized carbons (Fsp3) is 0.364. The van der Waals surface area contributed by atoms with Crippen LogP contribution in [0.2, 0.25) is 0 Å². The van der Waals surface area contributed by atoms with Gasteiger partial charge in [-0.15, -0.1) is 0 Å². The van der Waals surface area contributed by atoms with E-state index in [1.165, 1.54) is 0 Å². The number of hydrogen-bond acceptors (Lipinski definition) is 1. The van der Waals surface area contributed by atoms with Crippen LogP contribution in [0.1, 0.15) is 25.3 Å². The van der Waals surface area contributed by atoms with Crippen LogP contribution in [-0.4, -0.2) is 40.6 Å². The van der Waals surface area contributed by atoms with Crippen molar-refractivity contribution in [2.45, 2.75) is 19.8 Å². The smallest absolute Gasteiger partial charge is 0.311 e. The summed E-state index contributed by atoms with van der Waals surface area (Å²) in [6, 6.07) is 9.35. The molecule has 0 saturated carbocycles. The minimum Gasteiger partial charge on any atom is -0.481 e. The van der Waals surface area contributed by atoms with Crippen LogP contribution < -0.4 is 0 Å². The van der Waals surface area contributed by atoms with Crippen LogP contribution in [0.5, 0.6) is 0 Å². The van der Waals surface area contributed by atoms with E-state index in [9.17, 15) is 4.79 Å². The van der Waals surface area contributed by atoms with Crippen LogP contribution in [0.15, 0.2) is 30.3 Å². The molecule has 0 aliphatic carbocycles. The summed E-state index contributed by atoms with van der Waals surface area (Å²) in [6.45, 7) is 3.84. The second-order valence-electron chi connectivity index (χ2n) is 3.47. The standard InChI is InChI=1S/C11H14O2.Na/c1-8(2)10(11(12)13)9-6-4-3-5-7-9;/h3-8,10H,1-2H3,(H,12,13);. The summed E-state index contributed by atoms with van der Waals surface area (Å²) in [5, 5.41) is 9.00. The first-order chi connectivity index (χ1) is 6.13. The fourth-order valence-electron chi connectivity index (χ4n) is 1.47. The van der Waals surface area contributed by atoms with Gasteiger partial charge in [-0.3, -0.25) is 4.79 Å². The Morgan fingerprint density at radius 1 is 1.21 bits per heavy atom. The SMILES string of the molecule is CC(C)C(C(=O)O)c1ccccc1.[Na]. The summed E-state index contributed by atoms with van der Waals surface area (Å²) >= 11 is 0. The van der Waals surface area contributed by atoms with Gasteiger partial charge in [-0.1, -0.05) is 44.2 Å². The van der Waals surface area contributed by atoms with Crippen molar-refractivity contribution in [2.24, 2.45) is 5.92 Å². The van der Waals surface area contributed by atoms with Crippen LogP contribution in [-0.2, 0) is 4.79 Å². The third kappa shape index (κ3) is 3.45. The van der Waals surface area contributed by atoms with Gasteiger partial charge in [-0.05, 0) is 11.5 Å². The molecule has 1 N–H and O–H groups in total. The third-order valence-electron chi connectivity index (χ3n) is 2.09. The fourth-order valence-corrected chi connectivity index (χ4v) is 1.47. The predicted octanol–water partition coefficient (Wildman–Crippen LogP) is 2.13. The van der Waals surface area contributed by atoms with Gasteiger partial charge in [0.05, 0.1) is 5.92 Å². The van der Waals surface area contributed by atoms with Crippen molar-refractivity contribution in [3.63, 3.8) is 0 Å². The van der Waals surface area contributed by atoms with E-state index in [0.29, 0.717) is 0 Å². The number of carboxylic acid groups (broad SMARTS) is 1. The number of benzene rings is 1. The zero-order chi connectivity index (χ0) is 9.84. The maximum Gasteiger partial charge on any atom is 0.311 e. The number of hydrogen-bond donors (Lipinski definition) is 1. The molecule has 3 heteroatoms. The van der Waals surface area contributed by atoms with Crippen molar-refractivity contribution in [2.75, 3.05) is 0 Å². The van der Waals surface area contributed by atoms with Crippen LogP contribution in [0.3, 0.4) is 0 Å². The second-order valence-corrected chi connectivity index (χ2v) is 3.47. The van der Waals surface area contributed by atoms with Gasteiger partial charge in [0.2, 0.25) is 0 Å². The molecule has 0 aliphatic heterocycles. The van der Waals surface area contributed by atoms with Gasteiger partial charge in [0, 0.05) is 29.6 Å². The first kappa shape index (κ1) is 13.7. The van der Waals surface area contributed by atoms with Gasteiger partial charge in [0.15, 0.2) is 0 Å². The topological polar surface area (TPSA) is 37.3 Å². The van der Waals surface area contributed by atoms with Crippen molar-refractivity contribution in [1.82, 2.24) is 0 Å². The Balaban J connectivity index is 0.00000169.